The van der Waals surface area contributed by atoms with Gasteiger partial charge in [-0.25, -0.2) is 0 Å². The SMILES string of the molecule is COc1ccc(OC)c(C2C(=C(O)c3c(C)nn(C)c3C)C(=O)C(=O)N2CCCN(C)C)c1. The molecule has 1 atom stereocenters. The number of aromatic nitrogens is 2. The number of aryl methyl sites for hydroxylation is 2. The molecule has 33 heavy (non-hydrogen) atoms. The monoisotopic (exact) mass is 456 g/mol. The zero-order valence-electron chi connectivity index (χ0n) is 20.3. The Balaban J connectivity index is 2.25. The number of carbonyl (C=O) groups excluding carboxylic acids is 2. The molecule has 1 aliphatic heterocycles. The van der Waals surface area contributed by atoms with Crippen molar-refractivity contribution in [3.8, 4) is 11.5 Å². The van der Waals surface area contributed by atoms with Crippen LogP contribution in [0.15, 0.2) is 23.8 Å². The van der Waals surface area contributed by atoms with Gasteiger partial charge in [-0.1, -0.05) is 0 Å². The molecule has 1 fully saturated rings. The van der Waals surface area contributed by atoms with Gasteiger partial charge in [-0.15, -0.1) is 0 Å². The molecule has 3 rings (SSSR count). The standard InChI is InChI=1S/C24H32N4O5/c1-14-19(15(2)27(5)25-14)22(29)20-21(17-13-16(32-6)9-10-18(17)33-7)28(24(31)23(20)30)12-8-11-26(3)4/h9-10,13,21,29H,8,11-12H2,1-7H3. The van der Waals surface area contributed by atoms with Gasteiger partial charge in [0.25, 0.3) is 11.7 Å². The maximum absolute atomic E-state index is 13.3. The van der Waals surface area contributed by atoms with Crippen LogP contribution in [0.2, 0.25) is 0 Å². The fourth-order valence-electron chi connectivity index (χ4n) is 4.30. The van der Waals surface area contributed by atoms with Crippen LogP contribution in [0.1, 0.15) is 35.0 Å². The minimum absolute atomic E-state index is 0.0237. The van der Waals surface area contributed by atoms with Crippen LogP contribution in [-0.2, 0) is 16.6 Å². The van der Waals surface area contributed by atoms with Crippen LogP contribution in [0.5, 0.6) is 11.5 Å². The Kier molecular flexibility index (Phi) is 7.12. The summed E-state index contributed by atoms with van der Waals surface area (Å²) in [5.41, 5.74) is 2.32. The number of aliphatic hydroxyl groups is 1. The van der Waals surface area contributed by atoms with Crippen molar-refractivity contribution in [3.63, 3.8) is 0 Å². The number of Topliss-reactive ketones (excluding diaryl/α,β-unsaturated/α-hetero) is 1. The number of benzene rings is 1. The number of aliphatic hydroxyl groups excluding tert-OH is 1. The Hall–Kier alpha value is -3.33. The zero-order valence-corrected chi connectivity index (χ0v) is 20.3. The molecule has 1 saturated heterocycles. The number of hydrogen-bond acceptors (Lipinski definition) is 7. The van der Waals surface area contributed by atoms with Crippen molar-refractivity contribution in [2.75, 3.05) is 41.4 Å². The van der Waals surface area contributed by atoms with Crippen LogP contribution in [0.3, 0.4) is 0 Å². The number of ether oxygens (including phenoxy) is 2. The van der Waals surface area contributed by atoms with E-state index in [1.165, 1.54) is 12.0 Å². The third-order valence-electron chi connectivity index (χ3n) is 6.02. The predicted octanol–water partition coefficient (Wildman–Crippen LogP) is 2.43. The molecule has 0 radical (unpaired) electrons. The van der Waals surface area contributed by atoms with E-state index in [-0.39, 0.29) is 11.3 Å². The lowest BCUT2D eigenvalue weighted by molar-refractivity contribution is -0.140. The Morgan fingerprint density at radius 2 is 1.88 bits per heavy atom. The van der Waals surface area contributed by atoms with Gasteiger partial charge in [0.05, 0.1) is 37.1 Å². The highest BCUT2D eigenvalue weighted by atomic mass is 16.5. The molecule has 9 heteroatoms. The largest absolute Gasteiger partial charge is 0.507 e. The topological polar surface area (TPSA) is 97.1 Å². The number of amides is 1. The maximum atomic E-state index is 13.3. The second kappa shape index (κ2) is 9.66. The molecule has 0 bridgehead atoms. The molecule has 1 aromatic carbocycles. The van der Waals surface area contributed by atoms with E-state index in [0.717, 1.165) is 6.54 Å². The number of ketones is 1. The van der Waals surface area contributed by atoms with Gasteiger partial charge in [-0.2, -0.15) is 5.10 Å². The van der Waals surface area contributed by atoms with Gasteiger partial charge in [-0.05, 0) is 59.1 Å². The molecule has 1 unspecified atom stereocenters. The molecule has 9 nitrogen and oxygen atoms in total. The average molecular weight is 457 g/mol. The number of methoxy groups -OCH3 is 2. The van der Waals surface area contributed by atoms with Crippen molar-refractivity contribution in [1.29, 1.82) is 0 Å². The van der Waals surface area contributed by atoms with E-state index in [0.29, 0.717) is 47.0 Å². The highest BCUT2D eigenvalue weighted by molar-refractivity contribution is 6.46. The Bertz CT molecular complexity index is 1100. The first-order valence-electron chi connectivity index (χ1n) is 10.8. The fourth-order valence-corrected chi connectivity index (χ4v) is 4.30. The summed E-state index contributed by atoms with van der Waals surface area (Å²) in [5, 5.41) is 15.7. The second-order valence-electron chi connectivity index (χ2n) is 8.43. The van der Waals surface area contributed by atoms with E-state index in [2.05, 4.69) is 5.10 Å². The van der Waals surface area contributed by atoms with E-state index in [1.807, 2.05) is 25.9 Å². The minimum atomic E-state index is -0.823. The van der Waals surface area contributed by atoms with Gasteiger partial charge in [0.2, 0.25) is 0 Å². The van der Waals surface area contributed by atoms with Crippen LogP contribution in [0.4, 0.5) is 0 Å². The molecule has 1 aliphatic rings. The number of nitrogens with zero attached hydrogens (tertiary/aromatic N) is 4. The van der Waals surface area contributed by atoms with E-state index in [1.54, 1.807) is 44.0 Å². The number of likely N-dealkylation sites (tertiary alicyclic amines) is 1. The van der Waals surface area contributed by atoms with Gasteiger partial charge in [0.15, 0.2) is 0 Å². The smallest absolute Gasteiger partial charge is 0.295 e. The third-order valence-corrected chi connectivity index (χ3v) is 6.02. The quantitative estimate of drug-likeness (QED) is 0.370. The summed E-state index contributed by atoms with van der Waals surface area (Å²) in [5.74, 6) is -0.565. The van der Waals surface area contributed by atoms with E-state index in [9.17, 15) is 14.7 Å². The predicted molar refractivity (Wildman–Crippen MR) is 124 cm³/mol. The molecule has 1 N–H and O–H groups in total. The molecule has 0 saturated carbocycles. The van der Waals surface area contributed by atoms with Crippen molar-refractivity contribution in [1.82, 2.24) is 19.6 Å². The molecular weight excluding hydrogens is 424 g/mol. The van der Waals surface area contributed by atoms with Gasteiger partial charge in [0, 0.05) is 24.8 Å². The van der Waals surface area contributed by atoms with Crippen LogP contribution >= 0.6 is 0 Å². The Morgan fingerprint density at radius 3 is 2.42 bits per heavy atom. The van der Waals surface area contributed by atoms with E-state index in [4.69, 9.17) is 9.47 Å². The molecule has 1 amide bonds. The number of hydrogen-bond donors (Lipinski definition) is 1. The number of carbonyl (C=O) groups is 2. The van der Waals surface area contributed by atoms with Gasteiger partial charge in [-0.3, -0.25) is 14.3 Å². The molecular formula is C24H32N4O5. The van der Waals surface area contributed by atoms with Gasteiger partial charge in [0.1, 0.15) is 17.3 Å². The summed E-state index contributed by atoms with van der Waals surface area (Å²) in [7, 11) is 8.73. The summed E-state index contributed by atoms with van der Waals surface area (Å²) in [6.45, 7) is 4.65. The van der Waals surface area contributed by atoms with Crippen LogP contribution < -0.4 is 9.47 Å². The van der Waals surface area contributed by atoms with Crippen LogP contribution in [-0.4, -0.2) is 77.8 Å². The first-order chi connectivity index (χ1) is 15.6. The summed E-state index contributed by atoms with van der Waals surface area (Å²) in [6, 6.07) is 4.39. The first kappa shape index (κ1) is 24.3. The molecule has 2 heterocycles. The van der Waals surface area contributed by atoms with E-state index >= 15 is 0 Å². The lowest BCUT2D eigenvalue weighted by atomic mass is 9.93. The average Bonchev–Trinajstić information content (AvgIpc) is 3.18. The van der Waals surface area contributed by atoms with Gasteiger partial charge < -0.3 is 24.4 Å². The second-order valence-corrected chi connectivity index (χ2v) is 8.43. The zero-order chi connectivity index (χ0) is 24.4. The molecule has 1 aromatic heterocycles. The lowest BCUT2D eigenvalue weighted by Gasteiger charge is -2.27. The molecule has 2 aromatic rings. The molecule has 0 aliphatic carbocycles. The fraction of sp³-hybridized carbons (Fsp3) is 0.458. The van der Waals surface area contributed by atoms with Crippen LogP contribution in [0, 0.1) is 13.8 Å². The minimum Gasteiger partial charge on any atom is -0.507 e. The molecule has 178 valence electrons. The van der Waals surface area contributed by atoms with Gasteiger partial charge >= 0.3 is 0 Å². The molecule has 0 spiro atoms. The van der Waals surface area contributed by atoms with Crippen LogP contribution in [0.25, 0.3) is 5.76 Å². The highest BCUT2D eigenvalue weighted by Gasteiger charge is 2.47. The van der Waals surface area contributed by atoms with Crippen molar-refractivity contribution < 1.29 is 24.2 Å². The highest BCUT2D eigenvalue weighted by Crippen LogP contribution is 2.44. The van der Waals surface area contributed by atoms with Crippen molar-refractivity contribution in [3.05, 3.63) is 46.3 Å². The third kappa shape index (κ3) is 4.45. The van der Waals surface area contributed by atoms with Crippen molar-refractivity contribution in [2.45, 2.75) is 26.3 Å². The Labute approximate surface area is 194 Å². The first-order valence-corrected chi connectivity index (χ1v) is 10.8. The summed E-state index contributed by atoms with van der Waals surface area (Å²) in [4.78, 5) is 30.0. The summed E-state index contributed by atoms with van der Waals surface area (Å²) >= 11 is 0. The Morgan fingerprint density at radius 1 is 1.18 bits per heavy atom. The summed E-state index contributed by atoms with van der Waals surface area (Å²) < 4.78 is 12.6. The normalized spacial score (nSPS) is 17.8. The lowest BCUT2D eigenvalue weighted by Crippen LogP contribution is -2.32. The van der Waals surface area contributed by atoms with Crippen molar-refractivity contribution in [2.24, 2.45) is 7.05 Å². The summed E-state index contributed by atoms with van der Waals surface area (Å²) in [6.07, 6.45) is 0.661. The number of rotatable bonds is 8. The maximum Gasteiger partial charge on any atom is 0.295 e. The van der Waals surface area contributed by atoms with Crippen molar-refractivity contribution >= 4 is 17.4 Å². The van der Waals surface area contributed by atoms with E-state index < -0.39 is 17.7 Å².